The van der Waals surface area contributed by atoms with Gasteiger partial charge >= 0.3 is 5.97 Å². The Kier molecular flexibility index (Phi) is 4.59. The van der Waals surface area contributed by atoms with E-state index < -0.39 is 5.97 Å². The maximum Gasteiger partial charge on any atom is 0.304 e. The van der Waals surface area contributed by atoms with Gasteiger partial charge in [-0.05, 0) is 49.9 Å². The maximum atomic E-state index is 10.9. The molecule has 19 heavy (non-hydrogen) atoms. The van der Waals surface area contributed by atoms with E-state index in [0.717, 1.165) is 25.9 Å². The normalized spacial score (nSPS) is 20.4. The van der Waals surface area contributed by atoms with Crippen LogP contribution in [0, 0.1) is 13.8 Å². The molecule has 3 nitrogen and oxygen atoms in total. The van der Waals surface area contributed by atoms with Gasteiger partial charge in [-0.1, -0.05) is 24.6 Å². The Morgan fingerprint density at radius 3 is 2.79 bits per heavy atom. The van der Waals surface area contributed by atoms with Crippen LogP contribution in [0.25, 0.3) is 0 Å². The summed E-state index contributed by atoms with van der Waals surface area (Å²) in [5.74, 6) is -0.683. The number of carboxylic acid groups (broad SMARTS) is 1. The molecule has 1 fully saturated rings. The van der Waals surface area contributed by atoms with Gasteiger partial charge in [-0.25, -0.2) is 0 Å². The summed E-state index contributed by atoms with van der Waals surface area (Å²) in [6.07, 6.45) is 3.62. The zero-order valence-electron chi connectivity index (χ0n) is 11.9. The van der Waals surface area contributed by atoms with Crippen molar-refractivity contribution in [2.24, 2.45) is 0 Å². The molecule has 104 valence electrons. The molecule has 1 N–H and O–H groups in total. The van der Waals surface area contributed by atoms with Gasteiger partial charge in [-0.15, -0.1) is 0 Å². The van der Waals surface area contributed by atoms with Crippen LogP contribution < -0.4 is 0 Å². The lowest BCUT2D eigenvalue weighted by Gasteiger charge is -2.35. The Balaban J connectivity index is 2.06. The smallest absolute Gasteiger partial charge is 0.304 e. The minimum absolute atomic E-state index is 0.202. The molecule has 1 aliphatic rings. The van der Waals surface area contributed by atoms with E-state index in [1.165, 1.54) is 23.1 Å². The van der Waals surface area contributed by atoms with Gasteiger partial charge in [0.05, 0.1) is 6.42 Å². The molecule has 1 aliphatic heterocycles. The molecule has 1 atom stereocenters. The van der Waals surface area contributed by atoms with Crippen molar-refractivity contribution in [3.63, 3.8) is 0 Å². The molecule has 1 aromatic rings. The molecule has 0 bridgehead atoms. The number of benzene rings is 1. The molecule has 0 saturated carbocycles. The minimum atomic E-state index is -0.683. The van der Waals surface area contributed by atoms with Gasteiger partial charge in [0.25, 0.3) is 0 Å². The SMILES string of the molecule is Cc1ccc(CN2CCCCC2CC(=O)O)cc1C. The van der Waals surface area contributed by atoms with Gasteiger partial charge in [0.2, 0.25) is 0 Å². The summed E-state index contributed by atoms with van der Waals surface area (Å²) in [5.41, 5.74) is 3.91. The highest BCUT2D eigenvalue weighted by atomic mass is 16.4. The number of likely N-dealkylation sites (tertiary alicyclic amines) is 1. The molecule has 0 radical (unpaired) electrons. The van der Waals surface area contributed by atoms with Crippen LogP contribution in [0.1, 0.15) is 42.4 Å². The number of hydrogen-bond acceptors (Lipinski definition) is 2. The molecular formula is C16H23NO2. The van der Waals surface area contributed by atoms with Crippen molar-refractivity contribution in [2.75, 3.05) is 6.54 Å². The lowest BCUT2D eigenvalue weighted by Crippen LogP contribution is -2.40. The van der Waals surface area contributed by atoms with E-state index in [4.69, 9.17) is 5.11 Å². The van der Waals surface area contributed by atoms with Crippen LogP contribution in [0.2, 0.25) is 0 Å². The number of piperidine rings is 1. The predicted molar refractivity (Wildman–Crippen MR) is 76.2 cm³/mol. The standard InChI is InChI=1S/C16H23NO2/c1-12-6-7-14(9-13(12)2)11-17-8-4-3-5-15(17)10-16(18)19/h6-7,9,15H,3-5,8,10-11H2,1-2H3,(H,18,19). The highest BCUT2D eigenvalue weighted by Crippen LogP contribution is 2.22. The number of hydrogen-bond donors (Lipinski definition) is 1. The van der Waals surface area contributed by atoms with E-state index in [-0.39, 0.29) is 12.5 Å². The van der Waals surface area contributed by atoms with Gasteiger partial charge in [-0.3, -0.25) is 9.69 Å². The second kappa shape index (κ2) is 6.20. The van der Waals surface area contributed by atoms with E-state index in [1.807, 2.05) is 0 Å². The highest BCUT2D eigenvalue weighted by molar-refractivity contribution is 5.67. The van der Waals surface area contributed by atoms with Gasteiger partial charge < -0.3 is 5.11 Å². The number of nitrogens with zero attached hydrogens (tertiary/aromatic N) is 1. The Hall–Kier alpha value is -1.35. The van der Waals surface area contributed by atoms with E-state index >= 15 is 0 Å². The molecule has 3 heteroatoms. The largest absolute Gasteiger partial charge is 0.481 e. The topological polar surface area (TPSA) is 40.5 Å². The summed E-state index contributed by atoms with van der Waals surface area (Å²) in [6.45, 7) is 6.14. The Bertz CT molecular complexity index is 456. The van der Waals surface area contributed by atoms with Crippen LogP contribution in [0.5, 0.6) is 0 Å². The third-order valence-electron chi connectivity index (χ3n) is 4.12. The van der Waals surface area contributed by atoms with Crippen molar-refractivity contribution in [1.29, 1.82) is 0 Å². The fourth-order valence-corrected chi connectivity index (χ4v) is 2.84. The first-order valence-electron chi connectivity index (χ1n) is 7.08. The van der Waals surface area contributed by atoms with Crippen LogP contribution in [0.15, 0.2) is 18.2 Å². The molecule has 0 aromatic heterocycles. The molecule has 0 aliphatic carbocycles. The molecule has 0 spiro atoms. The van der Waals surface area contributed by atoms with Crippen molar-refractivity contribution >= 4 is 5.97 Å². The quantitative estimate of drug-likeness (QED) is 0.905. The first-order valence-corrected chi connectivity index (χ1v) is 7.08. The molecule has 0 amide bonds. The molecule has 1 unspecified atom stereocenters. The van der Waals surface area contributed by atoms with Gasteiger partial charge in [-0.2, -0.15) is 0 Å². The first-order chi connectivity index (χ1) is 9.06. The second-order valence-corrected chi connectivity index (χ2v) is 5.64. The molecule has 2 rings (SSSR count). The molecule has 1 saturated heterocycles. The van der Waals surface area contributed by atoms with E-state index in [1.54, 1.807) is 0 Å². The first kappa shape index (κ1) is 14.1. The fraction of sp³-hybridized carbons (Fsp3) is 0.562. The van der Waals surface area contributed by atoms with Crippen LogP contribution in [0.3, 0.4) is 0 Å². The minimum Gasteiger partial charge on any atom is -0.481 e. The third-order valence-corrected chi connectivity index (χ3v) is 4.12. The summed E-state index contributed by atoms with van der Waals surface area (Å²) in [7, 11) is 0. The molecule has 1 heterocycles. The van der Waals surface area contributed by atoms with Crippen molar-refractivity contribution in [3.8, 4) is 0 Å². The van der Waals surface area contributed by atoms with Crippen molar-refractivity contribution in [3.05, 3.63) is 34.9 Å². The Morgan fingerprint density at radius 1 is 1.32 bits per heavy atom. The zero-order chi connectivity index (χ0) is 13.8. The van der Waals surface area contributed by atoms with E-state index in [2.05, 4.69) is 36.9 Å². The maximum absolute atomic E-state index is 10.9. The lowest BCUT2D eigenvalue weighted by atomic mass is 9.98. The number of rotatable bonds is 4. The lowest BCUT2D eigenvalue weighted by molar-refractivity contribution is -0.138. The fourth-order valence-electron chi connectivity index (χ4n) is 2.84. The van der Waals surface area contributed by atoms with E-state index in [0.29, 0.717) is 0 Å². The Labute approximate surface area is 115 Å². The number of carboxylic acids is 1. The van der Waals surface area contributed by atoms with Gasteiger partial charge in [0, 0.05) is 12.6 Å². The molecule has 1 aromatic carbocycles. The summed E-state index contributed by atoms with van der Waals surface area (Å²) in [4.78, 5) is 13.3. The second-order valence-electron chi connectivity index (χ2n) is 5.64. The predicted octanol–water partition coefficient (Wildman–Crippen LogP) is 3.13. The van der Waals surface area contributed by atoms with Gasteiger partial charge in [0.1, 0.15) is 0 Å². The Morgan fingerprint density at radius 2 is 2.11 bits per heavy atom. The van der Waals surface area contributed by atoms with Crippen molar-refractivity contribution in [1.82, 2.24) is 4.90 Å². The van der Waals surface area contributed by atoms with E-state index in [9.17, 15) is 4.79 Å². The van der Waals surface area contributed by atoms with Crippen molar-refractivity contribution in [2.45, 2.75) is 52.1 Å². The number of aryl methyl sites for hydroxylation is 2. The number of aliphatic carboxylic acids is 1. The molecular weight excluding hydrogens is 238 g/mol. The van der Waals surface area contributed by atoms with Crippen LogP contribution in [0.4, 0.5) is 0 Å². The average Bonchev–Trinajstić information content (AvgIpc) is 2.36. The van der Waals surface area contributed by atoms with Gasteiger partial charge in [0.15, 0.2) is 0 Å². The summed E-state index contributed by atoms with van der Waals surface area (Å²) in [5, 5.41) is 9.00. The van der Waals surface area contributed by atoms with Crippen LogP contribution in [-0.2, 0) is 11.3 Å². The van der Waals surface area contributed by atoms with Crippen LogP contribution in [-0.4, -0.2) is 28.6 Å². The highest BCUT2D eigenvalue weighted by Gasteiger charge is 2.24. The monoisotopic (exact) mass is 261 g/mol. The number of carbonyl (C=O) groups is 1. The third kappa shape index (κ3) is 3.80. The summed E-state index contributed by atoms with van der Waals surface area (Å²) in [6, 6.07) is 6.74. The summed E-state index contributed by atoms with van der Waals surface area (Å²) >= 11 is 0. The average molecular weight is 261 g/mol. The van der Waals surface area contributed by atoms with Crippen molar-refractivity contribution < 1.29 is 9.90 Å². The van der Waals surface area contributed by atoms with Crippen LogP contribution >= 0.6 is 0 Å². The zero-order valence-corrected chi connectivity index (χ0v) is 11.9. The summed E-state index contributed by atoms with van der Waals surface area (Å²) < 4.78 is 0.